The van der Waals surface area contributed by atoms with E-state index in [0.29, 0.717) is 12.3 Å². The van der Waals surface area contributed by atoms with Gasteiger partial charge in [-0.25, -0.2) is 8.42 Å². The number of hydrogen-bond donors (Lipinski definition) is 3. The number of aliphatic hydroxyl groups excluding tert-OH is 1. The van der Waals surface area contributed by atoms with Gasteiger partial charge in [0, 0.05) is 13.1 Å². The van der Waals surface area contributed by atoms with Crippen LogP contribution in [-0.2, 0) is 26.0 Å². The molecule has 9 heteroatoms. The molecule has 0 aliphatic rings. The van der Waals surface area contributed by atoms with Crippen LogP contribution < -0.4 is 5.32 Å². The summed E-state index contributed by atoms with van der Waals surface area (Å²) in [6.07, 6.45) is 0.522. The van der Waals surface area contributed by atoms with Crippen molar-refractivity contribution in [3.8, 4) is 0 Å². The Kier molecular flexibility index (Phi) is 11.5. The van der Waals surface area contributed by atoms with Crippen LogP contribution in [0.2, 0.25) is 0 Å². The number of sulfonamides is 1. The molecule has 0 bridgehead atoms. The second kappa shape index (κ2) is 13.9. The first-order valence-electron chi connectivity index (χ1n) is 13.1. The molecule has 0 aliphatic carbocycles. The second-order valence-corrected chi connectivity index (χ2v) is 12.5. The van der Waals surface area contributed by atoms with Gasteiger partial charge in [0.05, 0.1) is 28.4 Å². The quantitative estimate of drug-likeness (QED) is 0.311. The first-order chi connectivity index (χ1) is 17.8. The smallest absolute Gasteiger partial charge is 0.309 e. The molecule has 1 amide bonds. The van der Waals surface area contributed by atoms with Crippen LogP contribution in [0.15, 0.2) is 65.6 Å². The Hall–Kier alpha value is -2.75. The van der Waals surface area contributed by atoms with Crippen molar-refractivity contribution in [2.45, 2.75) is 70.9 Å². The van der Waals surface area contributed by atoms with Crippen molar-refractivity contribution in [2.24, 2.45) is 17.3 Å². The average Bonchev–Trinajstić information content (AvgIpc) is 2.90. The normalized spacial score (nSPS) is 15.4. The van der Waals surface area contributed by atoms with Crippen LogP contribution in [0, 0.1) is 17.3 Å². The summed E-state index contributed by atoms with van der Waals surface area (Å²) >= 11 is 0. The number of carboxylic acids is 1. The molecular formula is C29H42N2O6S. The van der Waals surface area contributed by atoms with E-state index in [1.807, 2.05) is 44.2 Å². The highest BCUT2D eigenvalue weighted by Crippen LogP contribution is 2.27. The predicted molar refractivity (Wildman–Crippen MR) is 148 cm³/mol. The van der Waals surface area contributed by atoms with Gasteiger partial charge in [0.1, 0.15) is 0 Å². The van der Waals surface area contributed by atoms with Crippen LogP contribution in [0.3, 0.4) is 0 Å². The summed E-state index contributed by atoms with van der Waals surface area (Å²) in [6, 6.07) is 16.5. The van der Waals surface area contributed by atoms with Gasteiger partial charge in [0.2, 0.25) is 15.9 Å². The maximum absolute atomic E-state index is 13.5. The minimum atomic E-state index is -3.90. The SMILES string of the molecule is CCC(C)CCN(C[C@H](O)[C@@H](Cc1ccccc1)NC(=O)[C@@H](C)C(C)(C)C(=O)O)S(=O)(=O)c1ccccc1. The standard InChI is InChI=1S/C29H42N2O6S/c1-6-21(2)17-18-31(38(36,37)24-15-11-8-12-16-24)20-26(32)25(19-23-13-9-7-10-14-23)30-27(33)22(3)29(4,5)28(34)35/h7-16,21-22,25-26,32H,6,17-20H2,1-5H3,(H,30,33)(H,34,35)/t21?,22-,25-,26+/m1/s1. The van der Waals surface area contributed by atoms with Crippen LogP contribution in [0.25, 0.3) is 0 Å². The lowest BCUT2D eigenvalue weighted by molar-refractivity contribution is -0.153. The summed E-state index contributed by atoms with van der Waals surface area (Å²) in [5.41, 5.74) is -0.482. The molecule has 4 atom stereocenters. The van der Waals surface area contributed by atoms with Crippen LogP contribution >= 0.6 is 0 Å². The summed E-state index contributed by atoms with van der Waals surface area (Å²) in [7, 11) is -3.90. The van der Waals surface area contributed by atoms with Crippen LogP contribution in [0.4, 0.5) is 0 Å². The Morgan fingerprint density at radius 1 is 1.00 bits per heavy atom. The monoisotopic (exact) mass is 546 g/mol. The maximum atomic E-state index is 13.5. The Morgan fingerprint density at radius 3 is 2.08 bits per heavy atom. The molecule has 3 N–H and O–H groups in total. The van der Waals surface area contributed by atoms with E-state index in [2.05, 4.69) is 5.32 Å². The zero-order valence-electron chi connectivity index (χ0n) is 23.0. The van der Waals surface area contributed by atoms with Crippen molar-refractivity contribution < 1.29 is 28.2 Å². The first kappa shape index (κ1) is 31.5. The maximum Gasteiger partial charge on any atom is 0.309 e. The molecule has 38 heavy (non-hydrogen) atoms. The second-order valence-electron chi connectivity index (χ2n) is 10.6. The lowest BCUT2D eigenvalue weighted by atomic mass is 9.79. The summed E-state index contributed by atoms with van der Waals surface area (Å²) in [4.78, 5) is 25.0. The van der Waals surface area contributed by atoms with Crippen LogP contribution in [0.5, 0.6) is 0 Å². The molecule has 2 aromatic rings. The molecule has 1 unspecified atom stereocenters. The largest absolute Gasteiger partial charge is 0.481 e. The number of benzene rings is 2. The molecule has 2 rings (SSSR count). The molecule has 0 saturated carbocycles. The van der Waals surface area contributed by atoms with E-state index in [0.717, 1.165) is 12.0 Å². The third-order valence-corrected chi connectivity index (χ3v) is 9.34. The number of rotatable bonds is 15. The molecule has 0 fully saturated rings. The molecule has 0 radical (unpaired) electrons. The van der Waals surface area contributed by atoms with E-state index in [4.69, 9.17) is 0 Å². The molecule has 8 nitrogen and oxygen atoms in total. The predicted octanol–water partition coefficient (Wildman–Crippen LogP) is 3.95. The lowest BCUT2D eigenvalue weighted by Gasteiger charge is -2.32. The fourth-order valence-corrected chi connectivity index (χ4v) is 5.42. The van der Waals surface area contributed by atoms with Gasteiger partial charge in [-0.2, -0.15) is 4.31 Å². The minimum absolute atomic E-state index is 0.136. The molecule has 0 spiro atoms. The lowest BCUT2D eigenvalue weighted by Crippen LogP contribution is -2.53. The van der Waals surface area contributed by atoms with Crippen molar-refractivity contribution >= 4 is 21.9 Å². The highest BCUT2D eigenvalue weighted by Gasteiger charge is 2.40. The van der Waals surface area contributed by atoms with Gasteiger partial charge in [0.25, 0.3) is 0 Å². The van der Waals surface area contributed by atoms with Gasteiger partial charge in [-0.05, 0) is 50.3 Å². The Morgan fingerprint density at radius 2 is 1.55 bits per heavy atom. The number of aliphatic hydroxyl groups is 1. The van der Waals surface area contributed by atoms with E-state index in [9.17, 15) is 28.2 Å². The van der Waals surface area contributed by atoms with Gasteiger partial charge in [-0.3, -0.25) is 9.59 Å². The Balaban J connectivity index is 2.36. The number of carboxylic acid groups (broad SMARTS) is 1. The van der Waals surface area contributed by atoms with Crippen molar-refractivity contribution in [3.63, 3.8) is 0 Å². The molecule has 0 aliphatic heterocycles. The number of aliphatic carboxylic acids is 1. The number of nitrogens with zero attached hydrogens (tertiary/aromatic N) is 1. The summed E-state index contributed by atoms with van der Waals surface area (Å²) in [5.74, 6) is -2.22. The van der Waals surface area contributed by atoms with Gasteiger partial charge < -0.3 is 15.5 Å². The highest BCUT2D eigenvalue weighted by atomic mass is 32.2. The van der Waals surface area contributed by atoms with Gasteiger partial charge in [0.15, 0.2) is 0 Å². The molecule has 0 heterocycles. The van der Waals surface area contributed by atoms with Crippen molar-refractivity contribution in [2.75, 3.05) is 13.1 Å². The first-order valence-corrected chi connectivity index (χ1v) is 14.6. The van der Waals surface area contributed by atoms with Gasteiger partial charge in [-0.15, -0.1) is 0 Å². The number of carbonyl (C=O) groups excluding carboxylic acids is 1. The molecule has 0 saturated heterocycles. The fourth-order valence-electron chi connectivity index (χ4n) is 3.93. The molecule has 0 aromatic heterocycles. The van der Waals surface area contributed by atoms with E-state index in [-0.39, 0.29) is 24.4 Å². The highest BCUT2D eigenvalue weighted by molar-refractivity contribution is 7.89. The third kappa shape index (κ3) is 8.38. The van der Waals surface area contributed by atoms with Gasteiger partial charge in [-0.1, -0.05) is 75.7 Å². The number of nitrogens with one attached hydrogen (secondary N) is 1. The van der Waals surface area contributed by atoms with Crippen molar-refractivity contribution in [3.05, 3.63) is 66.2 Å². The van der Waals surface area contributed by atoms with Crippen LogP contribution in [0.1, 0.15) is 53.0 Å². The van der Waals surface area contributed by atoms with Gasteiger partial charge >= 0.3 is 5.97 Å². The summed E-state index contributed by atoms with van der Waals surface area (Å²) in [5, 5.41) is 23.8. The zero-order chi connectivity index (χ0) is 28.5. The fraction of sp³-hybridized carbons (Fsp3) is 0.517. The average molecular weight is 547 g/mol. The van der Waals surface area contributed by atoms with E-state index in [1.54, 1.807) is 18.2 Å². The molecular weight excluding hydrogens is 504 g/mol. The Labute approximate surface area is 227 Å². The van der Waals surface area contributed by atoms with Crippen molar-refractivity contribution in [1.82, 2.24) is 9.62 Å². The van der Waals surface area contributed by atoms with E-state index < -0.39 is 45.4 Å². The number of hydrogen-bond acceptors (Lipinski definition) is 5. The topological polar surface area (TPSA) is 124 Å². The van der Waals surface area contributed by atoms with E-state index >= 15 is 0 Å². The van der Waals surface area contributed by atoms with Crippen molar-refractivity contribution in [1.29, 1.82) is 0 Å². The number of amides is 1. The van der Waals surface area contributed by atoms with Crippen LogP contribution in [-0.4, -0.2) is 60.0 Å². The summed E-state index contributed by atoms with van der Waals surface area (Å²) < 4.78 is 28.4. The molecule has 210 valence electrons. The summed E-state index contributed by atoms with van der Waals surface area (Å²) in [6.45, 7) is 8.58. The molecule has 2 aromatic carbocycles. The zero-order valence-corrected chi connectivity index (χ0v) is 23.8. The minimum Gasteiger partial charge on any atom is -0.481 e. The van der Waals surface area contributed by atoms with E-state index in [1.165, 1.54) is 37.2 Å². The third-order valence-electron chi connectivity index (χ3n) is 7.46. The Bertz CT molecular complexity index is 1140. The number of carbonyl (C=O) groups is 2.